The van der Waals surface area contributed by atoms with Crippen molar-refractivity contribution in [1.82, 2.24) is 0 Å². The number of hydrogen-bond donors (Lipinski definition) is 0. The van der Waals surface area contributed by atoms with Crippen LogP contribution in [0.1, 0.15) is 25.3 Å². The Morgan fingerprint density at radius 1 is 1.44 bits per heavy atom. The van der Waals surface area contributed by atoms with Gasteiger partial charge in [0.1, 0.15) is 11.5 Å². The summed E-state index contributed by atoms with van der Waals surface area (Å²) in [5, 5.41) is 0. The van der Waals surface area contributed by atoms with Crippen LogP contribution >= 0.6 is 0 Å². The van der Waals surface area contributed by atoms with Gasteiger partial charge in [0.15, 0.2) is 0 Å². The van der Waals surface area contributed by atoms with E-state index in [4.69, 9.17) is 4.74 Å². The molecule has 0 radical (unpaired) electrons. The molecule has 0 unspecified atom stereocenters. The van der Waals surface area contributed by atoms with E-state index in [9.17, 15) is 4.79 Å². The smallest absolute Gasteiger partial charge is 0.148 e. The molecule has 0 fully saturated rings. The summed E-state index contributed by atoms with van der Waals surface area (Å²) in [7, 11) is 0. The summed E-state index contributed by atoms with van der Waals surface area (Å²) < 4.78 is 5.47. The van der Waals surface area contributed by atoms with E-state index < -0.39 is 0 Å². The lowest BCUT2D eigenvalue weighted by Gasteiger charge is -2.05. The van der Waals surface area contributed by atoms with Crippen molar-refractivity contribution in [2.75, 3.05) is 6.61 Å². The Balaban J connectivity index is 2.29. The van der Waals surface area contributed by atoms with Gasteiger partial charge < -0.3 is 4.74 Å². The van der Waals surface area contributed by atoms with Gasteiger partial charge in [0.2, 0.25) is 0 Å². The van der Waals surface area contributed by atoms with Crippen molar-refractivity contribution < 1.29 is 9.53 Å². The Morgan fingerprint density at radius 3 is 2.94 bits per heavy atom. The highest BCUT2D eigenvalue weighted by Gasteiger charge is 2.00. The number of rotatable bonds is 5. The highest BCUT2D eigenvalue weighted by molar-refractivity contribution is 5.80. The molecule has 84 valence electrons. The van der Waals surface area contributed by atoms with Crippen molar-refractivity contribution in [2.45, 2.75) is 26.7 Å². The number of ketones is 1. The van der Waals surface area contributed by atoms with Gasteiger partial charge in [-0.3, -0.25) is 4.79 Å². The fourth-order valence-corrected chi connectivity index (χ4v) is 1.26. The first-order valence-corrected chi connectivity index (χ1v) is 5.33. The molecule has 0 saturated carbocycles. The van der Waals surface area contributed by atoms with E-state index in [0.717, 1.165) is 11.3 Å². The molecule has 0 spiro atoms. The lowest BCUT2D eigenvalue weighted by Crippen LogP contribution is -2.05. The number of carbonyl (C=O) groups is 1. The second-order valence-corrected chi connectivity index (χ2v) is 3.56. The Hall–Kier alpha value is -1.75. The summed E-state index contributed by atoms with van der Waals surface area (Å²) in [6.07, 6.45) is 0.746. The van der Waals surface area contributed by atoms with E-state index in [1.807, 2.05) is 31.2 Å². The molecular formula is C14H16O2. The van der Waals surface area contributed by atoms with E-state index in [0.29, 0.717) is 19.4 Å². The van der Waals surface area contributed by atoms with Crippen molar-refractivity contribution in [3.05, 3.63) is 29.8 Å². The van der Waals surface area contributed by atoms with Crippen molar-refractivity contribution >= 4 is 5.78 Å². The SMILES string of the molecule is CC#CCC(=O)CCOc1cccc(C)c1. The number of carbonyl (C=O) groups excluding carboxylic acids is 1. The lowest BCUT2D eigenvalue weighted by molar-refractivity contribution is -0.118. The van der Waals surface area contributed by atoms with Gasteiger partial charge in [-0.15, -0.1) is 5.92 Å². The average Bonchev–Trinajstić information content (AvgIpc) is 2.26. The highest BCUT2D eigenvalue weighted by Crippen LogP contribution is 2.12. The summed E-state index contributed by atoms with van der Waals surface area (Å²) in [6, 6.07) is 7.80. The van der Waals surface area contributed by atoms with Gasteiger partial charge in [0, 0.05) is 6.42 Å². The minimum atomic E-state index is 0.127. The van der Waals surface area contributed by atoms with E-state index >= 15 is 0 Å². The summed E-state index contributed by atoms with van der Waals surface area (Å²) in [5.41, 5.74) is 1.15. The van der Waals surface area contributed by atoms with Gasteiger partial charge in [-0.25, -0.2) is 0 Å². The summed E-state index contributed by atoms with van der Waals surface area (Å²) in [5.74, 6) is 6.39. The predicted molar refractivity (Wildman–Crippen MR) is 64.4 cm³/mol. The zero-order valence-corrected chi connectivity index (χ0v) is 9.75. The molecule has 0 atom stereocenters. The molecule has 16 heavy (non-hydrogen) atoms. The predicted octanol–water partition coefficient (Wildman–Crippen LogP) is 2.75. The largest absolute Gasteiger partial charge is 0.493 e. The molecule has 0 amide bonds. The number of Topliss-reactive ketones (excluding diaryl/α,β-unsaturated/α-hetero) is 1. The van der Waals surface area contributed by atoms with E-state index in [-0.39, 0.29) is 5.78 Å². The Labute approximate surface area is 96.6 Å². The Bertz CT molecular complexity index is 410. The molecule has 1 aromatic carbocycles. The molecule has 0 aliphatic heterocycles. The van der Waals surface area contributed by atoms with Crippen LogP contribution in [0.2, 0.25) is 0 Å². The third kappa shape index (κ3) is 4.65. The van der Waals surface area contributed by atoms with E-state index in [1.54, 1.807) is 6.92 Å². The fraction of sp³-hybridized carbons (Fsp3) is 0.357. The molecule has 0 aliphatic rings. The Kier molecular flexibility index (Phi) is 5.15. The second kappa shape index (κ2) is 6.68. The topological polar surface area (TPSA) is 26.3 Å². The fourth-order valence-electron chi connectivity index (χ4n) is 1.26. The van der Waals surface area contributed by atoms with Gasteiger partial charge in [-0.1, -0.05) is 18.1 Å². The van der Waals surface area contributed by atoms with Crippen LogP contribution in [0.15, 0.2) is 24.3 Å². The van der Waals surface area contributed by atoms with Crippen LogP contribution in [0.4, 0.5) is 0 Å². The van der Waals surface area contributed by atoms with Gasteiger partial charge in [0.05, 0.1) is 13.0 Å². The van der Waals surface area contributed by atoms with Crippen molar-refractivity contribution in [3.8, 4) is 17.6 Å². The van der Waals surface area contributed by atoms with Gasteiger partial charge in [-0.2, -0.15) is 0 Å². The van der Waals surface area contributed by atoms with Gasteiger partial charge >= 0.3 is 0 Å². The minimum Gasteiger partial charge on any atom is -0.493 e. The molecule has 2 heteroatoms. The van der Waals surface area contributed by atoms with Crippen LogP contribution in [0.5, 0.6) is 5.75 Å². The summed E-state index contributed by atoms with van der Waals surface area (Å²) in [4.78, 5) is 11.3. The van der Waals surface area contributed by atoms with Crippen LogP contribution in [-0.4, -0.2) is 12.4 Å². The first kappa shape index (κ1) is 12.3. The zero-order valence-electron chi connectivity index (χ0n) is 9.75. The molecule has 0 aliphatic carbocycles. The maximum atomic E-state index is 11.3. The average molecular weight is 216 g/mol. The number of aryl methyl sites for hydroxylation is 1. The number of benzene rings is 1. The molecule has 0 bridgehead atoms. The van der Waals surface area contributed by atoms with Gasteiger partial charge in [0.25, 0.3) is 0 Å². The van der Waals surface area contributed by atoms with Crippen LogP contribution in [0.3, 0.4) is 0 Å². The Morgan fingerprint density at radius 2 is 2.25 bits per heavy atom. The van der Waals surface area contributed by atoms with Crippen molar-refractivity contribution in [1.29, 1.82) is 0 Å². The number of hydrogen-bond acceptors (Lipinski definition) is 2. The van der Waals surface area contributed by atoms with Crippen LogP contribution in [0, 0.1) is 18.8 Å². The molecule has 0 aromatic heterocycles. The molecule has 0 saturated heterocycles. The number of ether oxygens (including phenoxy) is 1. The maximum absolute atomic E-state index is 11.3. The zero-order chi connectivity index (χ0) is 11.8. The lowest BCUT2D eigenvalue weighted by atomic mass is 10.2. The summed E-state index contributed by atoms with van der Waals surface area (Å²) >= 11 is 0. The standard InChI is InChI=1S/C14H16O2/c1-3-4-7-13(15)9-10-16-14-8-5-6-12(2)11-14/h5-6,8,11H,7,9-10H2,1-2H3. The van der Waals surface area contributed by atoms with E-state index in [2.05, 4.69) is 11.8 Å². The quantitative estimate of drug-likeness (QED) is 0.707. The normalized spacial score (nSPS) is 9.12. The molecule has 0 N–H and O–H groups in total. The van der Waals surface area contributed by atoms with Crippen molar-refractivity contribution in [3.63, 3.8) is 0 Å². The van der Waals surface area contributed by atoms with Crippen LogP contribution < -0.4 is 4.74 Å². The van der Waals surface area contributed by atoms with Crippen LogP contribution in [0.25, 0.3) is 0 Å². The second-order valence-electron chi connectivity index (χ2n) is 3.56. The van der Waals surface area contributed by atoms with Crippen LogP contribution in [-0.2, 0) is 4.79 Å². The molecule has 1 rings (SSSR count). The monoisotopic (exact) mass is 216 g/mol. The molecule has 0 heterocycles. The first-order valence-electron chi connectivity index (χ1n) is 5.33. The molecule has 2 nitrogen and oxygen atoms in total. The van der Waals surface area contributed by atoms with E-state index in [1.165, 1.54) is 0 Å². The summed E-state index contributed by atoms with van der Waals surface area (Å²) in [6.45, 7) is 4.17. The highest BCUT2D eigenvalue weighted by atomic mass is 16.5. The van der Waals surface area contributed by atoms with Crippen molar-refractivity contribution in [2.24, 2.45) is 0 Å². The minimum absolute atomic E-state index is 0.127. The van der Waals surface area contributed by atoms with Gasteiger partial charge in [-0.05, 0) is 31.5 Å². The third-order valence-corrected chi connectivity index (χ3v) is 2.10. The first-order chi connectivity index (χ1) is 7.72. The molecule has 1 aromatic rings. The molecular weight excluding hydrogens is 200 g/mol. The third-order valence-electron chi connectivity index (χ3n) is 2.10. The maximum Gasteiger partial charge on any atom is 0.148 e.